The van der Waals surface area contributed by atoms with Crippen molar-refractivity contribution in [2.24, 2.45) is 0 Å². The van der Waals surface area contributed by atoms with Gasteiger partial charge in [0.15, 0.2) is 0 Å². The van der Waals surface area contributed by atoms with E-state index in [4.69, 9.17) is 25.4 Å². The fraction of sp³-hybridized carbons (Fsp3) is 0.609. The smallest absolute Gasteiger partial charge is 0.227 e. The first-order chi connectivity index (χ1) is 15.3. The molecule has 1 aromatic carbocycles. The van der Waals surface area contributed by atoms with Crippen molar-refractivity contribution in [2.75, 3.05) is 38.2 Å². The van der Waals surface area contributed by atoms with Gasteiger partial charge >= 0.3 is 0 Å². The maximum absolute atomic E-state index is 11.9. The summed E-state index contributed by atoms with van der Waals surface area (Å²) in [6.45, 7) is 6.81. The summed E-state index contributed by atoms with van der Waals surface area (Å²) < 4.78 is 22.7. The molecular formula is C23H34N2O7. The Morgan fingerprint density at radius 1 is 1.19 bits per heavy atom. The number of anilines is 1. The zero-order chi connectivity index (χ0) is 23.5. The average molecular weight is 451 g/mol. The van der Waals surface area contributed by atoms with E-state index in [0.29, 0.717) is 43.2 Å². The SMILES string of the molecule is C#CCOc1ccc(OC(OCC(C)O)C(O)CNCCOC(C)C)c2c1NC(=O)CC2. The highest BCUT2D eigenvalue weighted by Crippen LogP contribution is 2.39. The summed E-state index contributed by atoms with van der Waals surface area (Å²) in [5.41, 5.74) is 1.23. The van der Waals surface area contributed by atoms with Crippen LogP contribution in [-0.2, 0) is 20.7 Å². The first kappa shape index (κ1) is 25.9. The van der Waals surface area contributed by atoms with Gasteiger partial charge in [-0.15, -0.1) is 6.42 Å². The van der Waals surface area contributed by atoms with Gasteiger partial charge in [-0.05, 0) is 39.3 Å². The largest absolute Gasteiger partial charge is 0.479 e. The third kappa shape index (κ3) is 8.30. The molecule has 9 heteroatoms. The van der Waals surface area contributed by atoms with E-state index >= 15 is 0 Å². The van der Waals surface area contributed by atoms with Crippen LogP contribution in [0.2, 0.25) is 0 Å². The molecule has 1 amide bonds. The predicted octanol–water partition coefficient (Wildman–Crippen LogP) is 1.06. The number of aliphatic hydroxyl groups excluding tert-OH is 2. The van der Waals surface area contributed by atoms with E-state index < -0.39 is 18.5 Å². The van der Waals surface area contributed by atoms with Crippen LogP contribution < -0.4 is 20.1 Å². The van der Waals surface area contributed by atoms with E-state index in [1.165, 1.54) is 0 Å². The minimum Gasteiger partial charge on any atom is -0.479 e. The lowest BCUT2D eigenvalue weighted by atomic mass is 10.0. The van der Waals surface area contributed by atoms with E-state index in [9.17, 15) is 15.0 Å². The number of fused-ring (bicyclic) bond motifs is 1. The molecule has 0 spiro atoms. The maximum Gasteiger partial charge on any atom is 0.227 e. The molecule has 1 aromatic rings. The normalized spacial score (nSPS) is 16.0. The number of amides is 1. The molecule has 32 heavy (non-hydrogen) atoms. The van der Waals surface area contributed by atoms with Crippen molar-refractivity contribution in [3.05, 3.63) is 17.7 Å². The van der Waals surface area contributed by atoms with Gasteiger partial charge in [0.25, 0.3) is 0 Å². The fourth-order valence-electron chi connectivity index (χ4n) is 3.08. The third-order valence-electron chi connectivity index (χ3n) is 4.55. The number of carbonyl (C=O) groups excluding carboxylic acids is 1. The molecule has 0 aliphatic carbocycles. The summed E-state index contributed by atoms with van der Waals surface area (Å²) in [4.78, 5) is 11.9. The van der Waals surface area contributed by atoms with Crippen LogP contribution in [0.4, 0.5) is 5.69 Å². The number of rotatable bonds is 14. The van der Waals surface area contributed by atoms with Crippen molar-refractivity contribution >= 4 is 11.6 Å². The lowest BCUT2D eigenvalue weighted by Gasteiger charge is -2.28. The van der Waals surface area contributed by atoms with Crippen LogP contribution >= 0.6 is 0 Å². The molecule has 178 valence electrons. The van der Waals surface area contributed by atoms with E-state index in [1.807, 2.05) is 13.8 Å². The number of hydrogen-bond donors (Lipinski definition) is 4. The monoisotopic (exact) mass is 450 g/mol. The number of terminal acetylenes is 1. The van der Waals surface area contributed by atoms with Crippen LogP contribution in [0, 0.1) is 12.3 Å². The Balaban J connectivity index is 2.12. The van der Waals surface area contributed by atoms with Crippen LogP contribution in [0.5, 0.6) is 11.5 Å². The van der Waals surface area contributed by atoms with E-state index in [1.54, 1.807) is 19.1 Å². The van der Waals surface area contributed by atoms with Gasteiger partial charge in [0.2, 0.25) is 12.2 Å². The Morgan fingerprint density at radius 3 is 2.62 bits per heavy atom. The van der Waals surface area contributed by atoms with E-state index in [-0.39, 0.29) is 31.8 Å². The number of hydrogen-bond acceptors (Lipinski definition) is 8. The standard InChI is InChI=1S/C23H34N2O7/c1-5-11-30-20-8-7-19(17-6-9-21(28)25-22(17)20)32-23(31-14-16(4)26)18(27)13-24-10-12-29-15(2)3/h1,7-8,15-16,18,23-24,26-27H,6,9-14H2,2-4H3,(H,25,28). The second kappa shape index (κ2) is 13.3. The van der Waals surface area contributed by atoms with Crippen molar-refractivity contribution < 1.29 is 34.0 Å². The molecule has 0 saturated carbocycles. The van der Waals surface area contributed by atoms with Crippen LogP contribution in [0.1, 0.15) is 32.8 Å². The average Bonchev–Trinajstić information content (AvgIpc) is 2.74. The summed E-state index contributed by atoms with van der Waals surface area (Å²) in [5, 5.41) is 26.2. The molecule has 2 rings (SSSR count). The Hall–Kier alpha value is -2.35. The molecule has 0 bridgehead atoms. The number of carbonyl (C=O) groups is 1. The number of aliphatic hydroxyl groups is 2. The molecule has 9 nitrogen and oxygen atoms in total. The van der Waals surface area contributed by atoms with Gasteiger partial charge < -0.3 is 39.8 Å². The van der Waals surface area contributed by atoms with Crippen molar-refractivity contribution in [3.8, 4) is 23.8 Å². The van der Waals surface area contributed by atoms with Crippen LogP contribution in [-0.4, -0.2) is 73.6 Å². The Morgan fingerprint density at radius 2 is 1.94 bits per heavy atom. The molecule has 0 fully saturated rings. The van der Waals surface area contributed by atoms with Gasteiger partial charge in [-0.25, -0.2) is 0 Å². The minimum absolute atomic E-state index is 0.0134. The van der Waals surface area contributed by atoms with Crippen molar-refractivity contribution in [3.63, 3.8) is 0 Å². The van der Waals surface area contributed by atoms with Crippen LogP contribution in [0.3, 0.4) is 0 Å². The topological polar surface area (TPSA) is 119 Å². The zero-order valence-corrected chi connectivity index (χ0v) is 18.9. The summed E-state index contributed by atoms with van der Waals surface area (Å²) >= 11 is 0. The summed E-state index contributed by atoms with van der Waals surface area (Å²) in [6.07, 6.45) is 3.35. The van der Waals surface area contributed by atoms with Gasteiger partial charge in [0.05, 0.1) is 31.1 Å². The van der Waals surface area contributed by atoms with Crippen LogP contribution in [0.15, 0.2) is 12.1 Å². The van der Waals surface area contributed by atoms with Gasteiger partial charge in [0.1, 0.15) is 24.2 Å². The molecule has 4 N–H and O–H groups in total. The van der Waals surface area contributed by atoms with E-state index in [0.717, 1.165) is 5.56 Å². The number of nitrogens with one attached hydrogen (secondary N) is 2. The quantitative estimate of drug-likeness (QED) is 0.189. The van der Waals surface area contributed by atoms with Crippen molar-refractivity contribution in [1.82, 2.24) is 5.32 Å². The molecule has 3 atom stereocenters. The molecule has 1 aliphatic rings. The molecular weight excluding hydrogens is 416 g/mol. The maximum atomic E-state index is 11.9. The van der Waals surface area contributed by atoms with Gasteiger partial charge in [-0.3, -0.25) is 4.79 Å². The second-order valence-corrected chi connectivity index (χ2v) is 7.82. The first-order valence-electron chi connectivity index (χ1n) is 10.8. The molecule has 0 radical (unpaired) electrons. The highest BCUT2D eigenvalue weighted by atomic mass is 16.7. The lowest BCUT2D eigenvalue weighted by Crippen LogP contribution is -2.43. The lowest BCUT2D eigenvalue weighted by molar-refractivity contribution is -0.157. The Labute approximate surface area is 189 Å². The molecule has 0 saturated heterocycles. The summed E-state index contributed by atoms with van der Waals surface area (Å²) in [6, 6.07) is 3.34. The molecule has 3 unspecified atom stereocenters. The highest BCUT2D eigenvalue weighted by Gasteiger charge is 2.27. The van der Waals surface area contributed by atoms with Gasteiger partial charge in [-0.1, -0.05) is 5.92 Å². The Kier molecular flexibility index (Phi) is 10.7. The third-order valence-corrected chi connectivity index (χ3v) is 4.55. The van der Waals surface area contributed by atoms with Crippen LogP contribution in [0.25, 0.3) is 0 Å². The molecule has 0 aromatic heterocycles. The second-order valence-electron chi connectivity index (χ2n) is 7.82. The zero-order valence-electron chi connectivity index (χ0n) is 18.9. The summed E-state index contributed by atoms with van der Waals surface area (Å²) in [5.74, 6) is 3.17. The minimum atomic E-state index is -1.04. The van der Waals surface area contributed by atoms with Crippen molar-refractivity contribution in [1.29, 1.82) is 0 Å². The fourth-order valence-corrected chi connectivity index (χ4v) is 3.08. The first-order valence-corrected chi connectivity index (χ1v) is 10.8. The molecule has 1 aliphatic heterocycles. The summed E-state index contributed by atoms with van der Waals surface area (Å²) in [7, 11) is 0. The molecule has 1 heterocycles. The van der Waals surface area contributed by atoms with Gasteiger partial charge in [-0.2, -0.15) is 0 Å². The number of benzene rings is 1. The van der Waals surface area contributed by atoms with Gasteiger partial charge in [0, 0.05) is 25.1 Å². The highest BCUT2D eigenvalue weighted by molar-refractivity contribution is 5.96. The Bertz CT molecular complexity index is 776. The predicted molar refractivity (Wildman–Crippen MR) is 120 cm³/mol. The van der Waals surface area contributed by atoms with E-state index in [2.05, 4.69) is 16.6 Å². The van der Waals surface area contributed by atoms with Crippen molar-refractivity contribution in [2.45, 2.75) is 58.2 Å². The number of ether oxygens (including phenoxy) is 4.